The number of esters is 1. The molecule has 0 aromatic rings. The smallest absolute Gasteiger partial charge is 0.325 e. The van der Waals surface area contributed by atoms with Gasteiger partial charge in [-0.05, 0) is 6.42 Å². The Morgan fingerprint density at radius 2 is 2.00 bits per heavy atom. The molecular weight excluding hydrogens is 258 g/mol. The maximum absolute atomic E-state index is 12.0. The highest BCUT2D eigenvalue weighted by Gasteiger charge is 2.36. The van der Waals surface area contributed by atoms with Crippen LogP contribution in [0.1, 0.15) is 20.3 Å². The van der Waals surface area contributed by atoms with Crippen molar-refractivity contribution in [3.05, 3.63) is 0 Å². The number of nitrogens with zero attached hydrogens (tertiary/aromatic N) is 1. The molecule has 6 nitrogen and oxygen atoms in total. The van der Waals surface area contributed by atoms with Gasteiger partial charge in [0, 0.05) is 12.0 Å². The zero-order valence-corrected chi connectivity index (χ0v) is 11.7. The first-order chi connectivity index (χ1) is 8.26. The van der Waals surface area contributed by atoms with Crippen LogP contribution in [0.15, 0.2) is 0 Å². The summed E-state index contributed by atoms with van der Waals surface area (Å²) < 4.78 is 27.4. The largest absolute Gasteiger partial charge is 0.468 e. The highest BCUT2D eigenvalue weighted by atomic mass is 32.2. The van der Waals surface area contributed by atoms with Crippen molar-refractivity contribution >= 4 is 21.7 Å². The number of carbonyl (C=O) groups is 2. The van der Waals surface area contributed by atoms with Crippen LogP contribution in [0.4, 0.5) is 0 Å². The van der Waals surface area contributed by atoms with Gasteiger partial charge < -0.3 is 9.64 Å². The summed E-state index contributed by atoms with van der Waals surface area (Å²) in [6.45, 7) is 3.25. The van der Waals surface area contributed by atoms with E-state index in [-0.39, 0.29) is 29.9 Å². The third kappa shape index (κ3) is 3.69. The van der Waals surface area contributed by atoms with Crippen molar-refractivity contribution in [2.24, 2.45) is 5.92 Å². The average molecular weight is 277 g/mol. The minimum Gasteiger partial charge on any atom is -0.468 e. The number of hydrogen-bond acceptors (Lipinski definition) is 5. The van der Waals surface area contributed by atoms with E-state index in [1.165, 1.54) is 12.0 Å². The van der Waals surface area contributed by atoms with Crippen LogP contribution in [0.2, 0.25) is 0 Å². The van der Waals surface area contributed by atoms with Crippen molar-refractivity contribution in [1.29, 1.82) is 0 Å². The van der Waals surface area contributed by atoms with Crippen molar-refractivity contribution in [2.45, 2.75) is 26.3 Å². The molecule has 104 valence electrons. The summed E-state index contributed by atoms with van der Waals surface area (Å²) in [6, 6.07) is -0.413. The van der Waals surface area contributed by atoms with Crippen LogP contribution in [0.3, 0.4) is 0 Å². The van der Waals surface area contributed by atoms with Crippen molar-refractivity contribution in [2.75, 3.05) is 25.2 Å². The summed E-state index contributed by atoms with van der Waals surface area (Å²) in [5.74, 6) is -1.03. The maximum atomic E-state index is 12.0. The minimum absolute atomic E-state index is 0.0670. The van der Waals surface area contributed by atoms with Crippen molar-refractivity contribution in [1.82, 2.24) is 4.90 Å². The third-order valence-corrected chi connectivity index (χ3v) is 4.70. The lowest BCUT2D eigenvalue weighted by atomic mass is 10.1. The van der Waals surface area contributed by atoms with E-state index >= 15 is 0 Å². The van der Waals surface area contributed by atoms with Gasteiger partial charge in [0.05, 0.1) is 18.6 Å². The highest BCUT2D eigenvalue weighted by Crippen LogP contribution is 2.19. The molecule has 7 heteroatoms. The monoisotopic (exact) mass is 277 g/mol. The normalized spacial score (nSPS) is 21.9. The van der Waals surface area contributed by atoms with Gasteiger partial charge in [-0.2, -0.15) is 0 Å². The van der Waals surface area contributed by atoms with Crippen molar-refractivity contribution in [3.8, 4) is 0 Å². The Morgan fingerprint density at radius 3 is 2.39 bits per heavy atom. The van der Waals surface area contributed by atoms with Gasteiger partial charge in [0.25, 0.3) is 0 Å². The molecule has 0 aromatic carbocycles. The van der Waals surface area contributed by atoms with E-state index in [4.69, 9.17) is 0 Å². The molecule has 1 aliphatic rings. The average Bonchev–Trinajstić information content (AvgIpc) is 2.64. The Hall–Kier alpha value is -1.11. The van der Waals surface area contributed by atoms with E-state index in [2.05, 4.69) is 4.74 Å². The van der Waals surface area contributed by atoms with Gasteiger partial charge in [-0.25, -0.2) is 8.42 Å². The van der Waals surface area contributed by atoms with E-state index in [0.29, 0.717) is 6.42 Å². The van der Waals surface area contributed by atoms with Crippen LogP contribution < -0.4 is 0 Å². The van der Waals surface area contributed by atoms with Gasteiger partial charge in [-0.3, -0.25) is 9.59 Å². The van der Waals surface area contributed by atoms with Crippen molar-refractivity contribution in [3.63, 3.8) is 0 Å². The van der Waals surface area contributed by atoms with Gasteiger partial charge in [-0.15, -0.1) is 0 Å². The minimum atomic E-state index is -3.09. The SMILES string of the molecule is COC(=O)CN(C(=O)C(C)C)[C@@H]1CCS(=O)(=O)C1. The van der Waals surface area contributed by atoms with Crippen LogP contribution in [0, 0.1) is 5.92 Å². The Labute approximate surface area is 107 Å². The Bertz CT molecular complexity index is 429. The number of carbonyl (C=O) groups excluding carboxylic acids is 2. The van der Waals surface area contributed by atoms with Gasteiger partial charge in [0.1, 0.15) is 6.54 Å². The molecule has 0 aliphatic carbocycles. The molecule has 1 atom stereocenters. The molecule has 0 bridgehead atoms. The molecule has 1 heterocycles. The second kappa shape index (κ2) is 5.69. The van der Waals surface area contributed by atoms with Crippen LogP contribution in [0.5, 0.6) is 0 Å². The van der Waals surface area contributed by atoms with E-state index in [9.17, 15) is 18.0 Å². The zero-order chi connectivity index (χ0) is 13.9. The van der Waals surface area contributed by atoms with E-state index < -0.39 is 21.8 Å². The van der Waals surface area contributed by atoms with E-state index in [1.54, 1.807) is 13.8 Å². The van der Waals surface area contributed by atoms with Crippen LogP contribution in [0.25, 0.3) is 0 Å². The first-order valence-electron chi connectivity index (χ1n) is 5.84. The van der Waals surface area contributed by atoms with E-state index in [0.717, 1.165) is 0 Å². The molecule has 1 fully saturated rings. The fourth-order valence-electron chi connectivity index (χ4n) is 1.94. The first-order valence-corrected chi connectivity index (χ1v) is 7.66. The maximum Gasteiger partial charge on any atom is 0.325 e. The number of sulfone groups is 1. The number of ether oxygens (including phenoxy) is 1. The molecule has 0 N–H and O–H groups in total. The number of methoxy groups -OCH3 is 1. The van der Waals surface area contributed by atoms with Crippen LogP contribution in [-0.2, 0) is 24.2 Å². The molecule has 0 spiro atoms. The molecule has 1 aliphatic heterocycles. The predicted octanol–water partition coefficient (Wildman–Crippen LogP) is -0.169. The Balaban J connectivity index is 2.84. The highest BCUT2D eigenvalue weighted by molar-refractivity contribution is 7.91. The molecule has 0 radical (unpaired) electrons. The summed E-state index contributed by atoms with van der Waals surface area (Å²) in [5.41, 5.74) is 0. The predicted molar refractivity (Wildman–Crippen MR) is 65.6 cm³/mol. The molecule has 18 heavy (non-hydrogen) atoms. The van der Waals surface area contributed by atoms with Gasteiger partial charge >= 0.3 is 5.97 Å². The first kappa shape index (κ1) is 14.9. The second-order valence-corrected chi connectivity index (χ2v) is 6.98. The van der Waals surface area contributed by atoms with Gasteiger partial charge in [0.2, 0.25) is 5.91 Å². The third-order valence-electron chi connectivity index (χ3n) is 2.95. The summed E-state index contributed by atoms with van der Waals surface area (Å²) in [4.78, 5) is 24.7. The molecular formula is C11H19NO5S. The number of amides is 1. The molecule has 0 unspecified atom stereocenters. The molecule has 1 saturated heterocycles. The summed E-state index contributed by atoms with van der Waals surface area (Å²) in [6.07, 6.45) is 0.387. The van der Waals surface area contributed by atoms with Gasteiger partial charge in [0.15, 0.2) is 9.84 Å². The topological polar surface area (TPSA) is 80.8 Å². The number of rotatable bonds is 4. The number of hydrogen-bond donors (Lipinski definition) is 0. The molecule has 0 saturated carbocycles. The standard InChI is InChI=1S/C11H19NO5S/c1-8(2)11(14)12(6-10(13)17-3)9-4-5-18(15,16)7-9/h8-9H,4-7H2,1-3H3/t9-/m1/s1. The van der Waals surface area contributed by atoms with Crippen LogP contribution in [-0.4, -0.2) is 56.4 Å². The Kier molecular flexibility index (Phi) is 4.72. The van der Waals surface area contributed by atoms with E-state index in [1.807, 2.05) is 0 Å². The van der Waals surface area contributed by atoms with Crippen molar-refractivity contribution < 1.29 is 22.7 Å². The summed E-state index contributed by atoms with van der Waals surface area (Å²) >= 11 is 0. The van der Waals surface area contributed by atoms with Crippen LogP contribution >= 0.6 is 0 Å². The van der Waals surface area contributed by atoms with Gasteiger partial charge in [-0.1, -0.05) is 13.8 Å². The molecule has 1 amide bonds. The second-order valence-electron chi connectivity index (χ2n) is 4.75. The summed E-state index contributed by atoms with van der Waals surface area (Å²) in [7, 11) is -1.85. The Morgan fingerprint density at radius 1 is 1.39 bits per heavy atom. The fourth-order valence-corrected chi connectivity index (χ4v) is 3.67. The lowest BCUT2D eigenvalue weighted by molar-refractivity contribution is -0.149. The lowest BCUT2D eigenvalue weighted by Gasteiger charge is -2.28. The zero-order valence-electron chi connectivity index (χ0n) is 10.9. The lowest BCUT2D eigenvalue weighted by Crippen LogP contribution is -2.46. The summed E-state index contributed by atoms with van der Waals surface area (Å²) in [5, 5.41) is 0. The molecule has 0 aromatic heterocycles. The quantitative estimate of drug-likeness (QED) is 0.667. The fraction of sp³-hybridized carbons (Fsp3) is 0.818. The molecule has 1 rings (SSSR count).